The van der Waals surface area contributed by atoms with E-state index in [4.69, 9.17) is 14.0 Å². The largest absolute Gasteiger partial charge is 0.472 e. The predicted octanol–water partition coefficient (Wildman–Crippen LogP) is 7.72. The summed E-state index contributed by atoms with van der Waals surface area (Å²) in [6, 6.07) is 30.9. The maximum Gasteiger partial charge on any atom is 0.302 e. The molecule has 1 aromatic heterocycles. The van der Waals surface area contributed by atoms with Crippen molar-refractivity contribution < 1.29 is 33.2 Å². The van der Waals surface area contributed by atoms with Crippen LogP contribution < -0.4 is 15.7 Å². The van der Waals surface area contributed by atoms with Crippen molar-refractivity contribution in [2.45, 2.75) is 20.0 Å². The van der Waals surface area contributed by atoms with Crippen LogP contribution >= 0.6 is 0 Å². The third kappa shape index (κ3) is 7.19. The topological polar surface area (TPSA) is 143 Å². The number of fused-ring (bicyclic) bond motifs is 3. The number of aromatic amines is 1. The molecule has 11 nitrogen and oxygen atoms in total. The minimum atomic E-state index is -0.441. The number of hydrogen-bond acceptors (Lipinski definition) is 7. The molecule has 0 spiro atoms. The molecule has 1 aliphatic carbocycles. The first-order valence-corrected chi connectivity index (χ1v) is 16.2. The van der Waals surface area contributed by atoms with Crippen LogP contribution in [0.2, 0.25) is 0 Å². The van der Waals surface area contributed by atoms with E-state index < -0.39 is 11.9 Å². The number of rotatable bonds is 12. The molecule has 2 aliphatic rings. The summed E-state index contributed by atoms with van der Waals surface area (Å²) in [5.41, 5.74) is 6.17. The molecular weight excluding hydrogens is 648 g/mol. The number of hydroxylamine groups is 1. The van der Waals surface area contributed by atoms with E-state index in [1.807, 2.05) is 54.6 Å². The zero-order valence-electron chi connectivity index (χ0n) is 27.5. The molecule has 3 amide bonds. The molecule has 0 atom stereocenters. The number of aromatic nitrogens is 1. The number of amides is 3. The van der Waals surface area contributed by atoms with E-state index in [-0.39, 0.29) is 24.8 Å². The van der Waals surface area contributed by atoms with Crippen molar-refractivity contribution in [3.8, 4) is 11.1 Å². The summed E-state index contributed by atoms with van der Waals surface area (Å²) in [5, 5.41) is 9.23. The molecule has 1 aliphatic heterocycles. The van der Waals surface area contributed by atoms with Crippen LogP contribution in [0, 0.1) is 0 Å². The smallest absolute Gasteiger partial charge is 0.302 e. The quantitative estimate of drug-likeness (QED) is 0.0681. The molecule has 0 saturated carbocycles. The Bertz CT molecular complexity index is 2330. The van der Waals surface area contributed by atoms with Gasteiger partial charge in [-0.15, -0.1) is 0 Å². The van der Waals surface area contributed by atoms with Gasteiger partial charge in [-0.25, -0.2) is 0 Å². The van der Waals surface area contributed by atoms with Crippen LogP contribution in [0.5, 0.6) is 0 Å². The van der Waals surface area contributed by atoms with Crippen LogP contribution in [-0.2, 0) is 32.2 Å². The molecule has 7 rings (SSSR count). The van der Waals surface area contributed by atoms with Gasteiger partial charge in [-0.1, -0.05) is 54.6 Å². The normalized spacial score (nSPS) is 11.1. The molecule has 4 aromatic carbocycles. The molecule has 2 heterocycles. The fraction of sp³-hybridized carbons (Fsp3) is 0.100. The summed E-state index contributed by atoms with van der Waals surface area (Å²) in [7, 11) is 0. The van der Waals surface area contributed by atoms with E-state index in [9.17, 15) is 19.2 Å². The monoisotopic (exact) mass is 680 g/mol. The van der Waals surface area contributed by atoms with Gasteiger partial charge in [0, 0.05) is 52.1 Å². The van der Waals surface area contributed by atoms with Crippen LogP contribution in [0.25, 0.3) is 32.8 Å². The predicted molar refractivity (Wildman–Crippen MR) is 194 cm³/mol. The molecule has 0 fully saturated rings. The summed E-state index contributed by atoms with van der Waals surface area (Å²) in [4.78, 5) is 59.9. The number of nitrogens with one attached hydrogen (secondary N) is 3. The molecule has 51 heavy (non-hydrogen) atoms. The Kier molecular flexibility index (Phi) is 9.27. The van der Waals surface area contributed by atoms with Gasteiger partial charge in [-0.2, -0.15) is 5.06 Å². The summed E-state index contributed by atoms with van der Waals surface area (Å²) in [5.74, 6) is -1.14. The Morgan fingerprint density at radius 3 is 2.41 bits per heavy atom. The summed E-state index contributed by atoms with van der Waals surface area (Å²) >= 11 is 0. The molecule has 5 aromatic rings. The first-order chi connectivity index (χ1) is 24.9. The zero-order valence-corrected chi connectivity index (χ0v) is 27.5. The number of carbonyl (C=O) groups excluding carboxylic acids is 4. The van der Waals surface area contributed by atoms with E-state index in [2.05, 4.69) is 15.6 Å². The first-order valence-electron chi connectivity index (χ1n) is 16.2. The van der Waals surface area contributed by atoms with Crippen LogP contribution in [0.15, 0.2) is 120 Å². The maximum absolute atomic E-state index is 13.8. The van der Waals surface area contributed by atoms with Gasteiger partial charge in [0.1, 0.15) is 12.3 Å². The van der Waals surface area contributed by atoms with Crippen molar-refractivity contribution in [2.75, 3.05) is 22.3 Å². The van der Waals surface area contributed by atoms with Gasteiger partial charge in [0.25, 0.3) is 11.8 Å². The van der Waals surface area contributed by atoms with Gasteiger partial charge < -0.3 is 24.8 Å². The van der Waals surface area contributed by atoms with Crippen molar-refractivity contribution in [3.05, 3.63) is 138 Å². The lowest BCUT2D eigenvalue weighted by atomic mass is 9.98. The lowest BCUT2D eigenvalue weighted by Gasteiger charge is -2.23. The fourth-order valence-electron chi connectivity index (χ4n) is 6.02. The standard InChI is InChI=1S/C40H32N4O7/c1-25(46)50-16-14-33-32-9-5-6-10-34(32)38(44(24-45)51-22-26-7-3-2-4-8-26)21-36(33)43-40(48)37-20-28-19-31(11-12-35(28)42-37)41-39(47)29-17-27-13-15-49-23-30(27)18-29/h2-13,15,17-21,23-24,42H,14,16,22H2,1H3,(H,41,47)(H,43,48). The summed E-state index contributed by atoms with van der Waals surface area (Å²) in [6.07, 6.45) is 4.02. The second-order valence-corrected chi connectivity index (χ2v) is 11.9. The minimum absolute atomic E-state index is 0.0837. The lowest BCUT2D eigenvalue weighted by molar-refractivity contribution is -0.140. The molecule has 0 bridgehead atoms. The van der Waals surface area contributed by atoms with Gasteiger partial charge in [-0.05, 0) is 70.6 Å². The second-order valence-electron chi connectivity index (χ2n) is 11.9. The van der Waals surface area contributed by atoms with Gasteiger partial charge in [0.2, 0.25) is 6.41 Å². The van der Waals surface area contributed by atoms with Gasteiger partial charge in [0.05, 0.1) is 24.8 Å². The first kappa shape index (κ1) is 32.8. The third-order valence-corrected chi connectivity index (χ3v) is 8.45. The number of carbonyl (C=O) groups is 4. The van der Waals surface area contributed by atoms with Crippen molar-refractivity contribution in [2.24, 2.45) is 0 Å². The highest BCUT2D eigenvalue weighted by molar-refractivity contribution is 6.11. The molecule has 3 N–H and O–H groups in total. The van der Waals surface area contributed by atoms with Gasteiger partial charge in [-0.3, -0.25) is 24.0 Å². The van der Waals surface area contributed by atoms with E-state index in [0.717, 1.165) is 27.1 Å². The highest BCUT2D eigenvalue weighted by Crippen LogP contribution is 2.36. The Morgan fingerprint density at radius 1 is 0.843 bits per heavy atom. The number of H-pyrrole nitrogens is 1. The molecule has 0 radical (unpaired) electrons. The van der Waals surface area contributed by atoms with E-state index in [1.165, 1.54) is 6.92 Å². The molecule has 0 unspecified atom stereocenters. The molecule has 254 valence electrons. The molecular formula is C40H32N4O7. The summed E-state index contributed by atoms with van der Waals surface area (Å²) < 4.78 is 10.5. The number of ether oxygens (including phenoxy) is 1. The zero-order chi connectivity index (χ0) is 35.3. The molecule has 11 heteroatoms. The number of hydrogen-bond donors (Lipinski definition) is 3. The number of anilines is 3. The van der Waals surface area contributed by atoms with Crippen LogP contribution in [-0.4, -0.2) is 35.8 Å². The highest BCUT2D eigenvalue weighted by atomic mass is 16.7. The van der Waals surface area contributed by atoms with E-state index in [0.29, 0.717) is 57.3 Å². The van der Waals surface area contributed by atoms with Crippen LogP contribution in [0.3, 0.4) is 0 Å². The van der Waals surface area contributed by atoms with Gasteiger partial charge >= 0.3 is 5.97 Å². The van der Waals surface area contributed by atoms with E-state index in [1.54, 1.807) is 61.1 Å². The number of nitrogens with zero attached hydrogens (tertiary/aromatic N) is 1. The Hall–Kier alpha value is -6.72. The van der Waals surface area contributed by atoms with Crippen LogP contribution in [0.1, 0.15) is 38.9 Å². The maximum atomic E-state index is 13.8. The number of benzene rings is 4. The van der Waals surface area contributed by atoms with Crippen molar-refractivity contribution in [1.29, 1.82) is 0 Å². The van der Waals surface area contributed by atoms with Crippen molar-refractivity contribution >= 4 is 62.9 Å². The fourth-order valence-corrected chi connectivity index (χ4v) is 6.02. The average molecular weight is 681 g/mol. The Labute approximate surface area is 292 Å². The van der Waals surface area contributed by atoms with Crippen molar-refractivity contribution in [1.82, 2.24) is 4.98 Å². The van der Waals surface area contributed by atoms with Gasteiger partial charge in [0.15, 0.2) is 0 Å². The lowest BCUT2D eigenvalue weighted by Crippen LogP contribution is -2.23. The van der Waals surface area contributed by atoms with Crippen LogP contribution in [0.4, 0.5) is 17.1 Å². The Balaban J connectivity index is 1.17. The number of esters is 1. The third-order valence-electron chi connectivity index (χ3n) is 8.45. The SMILES string of the molecule is CC(=O)OCCc1c(NC(=O)c2cc3cc(NC(=O)c4cc5ccocc-5c4)ccc3[nH]2)cc(N(C=O)OCc2ccccc2)c2ccccc12. The average Bonchev–Trinajstić information content (AvgIpc) is 3.78. The second kappa shape index (κ2) is 14.4. The van der Waals surface area contributed by atoms with E-state index >= 15 is 0 Å². The highest BCUT2D eigenvalue weighted by Gasteiger charge is 2.21. The minimum Gasteiger partial charge on any atom is -0.472 e. The molecule has 0 saturated heterocycles. The summed E-state index contributed by atoms with van der Waals surface area (Å²) in [6.45, 7) is 1.56. The Morgan fingerprint density at radius 2 is 1.63 bits per heavy atom. The van der Waals surface area contributed by atoms with Crippen molar-refractivity contribution in [3.63, 3.8) is 0 Å².